The van der Waals surface area contributed by atoms with Crippen molar-refractivity contribution in [1.29, 1.82) is 0 Å². The Labute approximate surface area is 141 Å². The average molecular weight is 371 g/mol. The number of aryl methyl sites for hydroxylation is 1. The fourth-order valence-electron chi connectivity index (χ4n) is 2.18. The molecular formula is C15H12ClFN2O2S2. The van der Waals surface area contributed by atoms with E-state index < -0.39 is 10.0 Å². The molecule has 0 spiro atoms. The second kappa shape index (κ2) is 6.07. The number of nitrogens with zero attached hydrogens (tertiary/aromatic N) is 2. The first-order valence-electron chi connectivity index (χ1n) is 6.76. The molecule has 3 rings (SSSR count). The van der Waals surface area contributed by atoms with Crippen molar-refractivity contribution < 1.29 is 12.8 Å². The van der Waals surface area contributed by atoms with Gasteiger partial charge in [0.1, 0.15) is 5.82 Å². The van der Waals surface area contributed by atoms with E-state index in [4.69, 9.17) is 11.6 Å². The average Bonchev–Trinajstić information content (AvgIpc) is 2.82. The third-order valence-electron chi connectivity index (χ3n) is 3.27. The summed E-state index contributed by atoms with van der Waals surface area (Å²) in [4.78, 5) is 0.372. The van der Waals surface area contributed by atoms with Crippen molar-refractivity contribution in [2.24, 2.45) is 4.40 Å². The van der Waals surface area contributed by atoms with Crippen LogP contribution in [0.5, 0.6) is 0 Å². The number of sulfonamides is 1. The van der Waals surface area contributed by atoms with Crippen molar-refractivity contribution in [3.8, 4) is 0 Å². The molecule has 0 saturated heterocycles. The first-order valence-corrected chi connectivity index (χ1v) is 9.39. The fourth-order valence-corrected chi connectivity index (χ4v) is 4.63. The molecule has 0 N–H and O–H groups in total. The highest BCUT2D eigenvalue weighted by atomic mass is 35.5. The van der Waals surface area contributed by atoms with Gasteiger partial charge in [0.2, 0.25) is 4.80 Å². The van der Waals surface area contributed by atoms with Gasteiger partial charge >= 0.3 is 0 Å². The highest BCUT2D eigenvalue weighted by Crippen LogP contribution is 2.20. The molecular weight excluding hydrogens is 359 g/mol. The number of hydrogen-bond donors (Lipinski definition) is 0. The molecule has 0 aliphatic rings. The van der Waals surface area contributed by atoms with Gasteiger partial charge in [-0.15, -0.1) is 4.40 Å². The summed E-state index contributed by atoms with van der Waals surface area (Å²) in [6.07, 6.45) is 0. The van der Waals surface area contributed by atoms with E-state index in [1.165, 1.54) is 36.4 Å². The molecule has 2 aromatic carbocycles. The van der Waals surface area contributed by atoms with E-state index in [0.29, 0.717) is 21.1 Å². The summed E-state index contributed by atoms with van der Waals surface area (Å²) in [7, 11) is -3.86. The van der Waals surface area contributed by atoms with Crippen molar-refractivity contribution in [3.63, 3.8) is 0 Å². The lowest BCUT2D eigenvalue weighted by molar-refractivity contribution is 0.595. The molecule has 0 bridgehead atoms. The summed E-state index contributed by atoms with van der Waals surface area (Å²) >= 11 is 6.91. The molecule has 8 heteroatoms. The van der Waals surface area contributed by atoms with E-state index in [-0.39, 0.29) is 10.7 Å². The molecule has 0 fully saturated rings. The number of benzene rings is 2. The smallest absolute Gasteiger partial charge is 0.285 e. The molecule has 0 amide bonds. The highest BCUT2D eigenvalue weighted by Gasteiger charge is 2.14. The van der Waals surface area contributed by atoms with Gasteiger partial charge in [-0.1, -0.05) is 22.9 Å². The quantitative estimate of drug-likeness (QED) is 0.704. The summed E-state index contributed by atoms with van der Waals surface area (Å²) in [6, 6.07) is 10.2. The van der Waals surface area contributed by atoms with Gasteiger partial charge in [-0.3, -0.25) is 0 Å². The molecule has 1 heterocycles. The second-order valence-corrected chi connectivity index (χ2v) is 7.81. The van der Waals surface area contributed by atoms with Crippen LogP contribution in [0.15, 0.2) is 51.8 Å². The van der Waals surface area contributed by atoms with E-state index in [1.54, 1.807) is 10.6 Å². The first-order chi connectivity index (χ1) is 10.9. The fraction of sp³-hybridized carbons (Fsp3) is 0.133. The van der Waals surface area contributed by atoms with Crippen LogP contribution in [0.2, 0.25) is 5.02 Å². The molecule has 23 heavy (non-hydrogen) atoms. The van der Waals surface area contributed by atoms with Crippen LogP contribution < -0.4 is 4.80 Å². The van der Waals surface area contributed by atoms with Crippen LogP contribution in [0, 0.1) is 5.82 Å². The molecule has 0 aliphatic heterocycles. The molecule has 0 aliphatic carbocycles. The van der Waals surface area contributed by atoms with Crippen molar-refractivity contribution in [2.45, 2.75) is 18.4 Å². The molecule has 0 atom stereocenters. The molecule has 1 aromatic heterocycles. The summed E-state index contributed by atoms with van der Waals surface area (Å²) in [5.41, 5.74) is 0.754. The third-order valence-corrected chi connectivity index (χ3v) is 5.96. The zero-order valence-corrected chi connectivity index (χ0v) is 14.4. The minimum absolute atomic E-state index is 0.0631. The van der Waals surface area contributed by atoms with Gasteiger partial charge in [0, 0.05) is 11.6 Å². The van der Waals surface area contributed by atoms with Crippen LogP contribution in [0.3, 0.4) is 0 Å². The number of aromatic nitrogens is 1. The van der Waals surface area contributed by atoms with Gasteiger partial charge in [0.25, 0.3) is 10.0 Å². The van der Waals surface area contributed by atoms with Gasteiger partial charge in [0.15, 0.2) is 0 Å². The van der Waals surface area contributed by atoms with Gasteiger partial charge in [0.05, 0.1) is 15.1 Å². The van der Waals surface area contributed by atoms with Crippen molar-refractivity contribution in [2.75, 3.05) is 0 Å². The normalized spacial score (nSPS) is 12.9. The molecule has 0 saturated carbocycles. The van der Waals surface area contributed by atoms with Gasteiger partial charge in [-0.25, -0.2) is 4.39 Å². The van der Waals surface area contributed by atoms with Crippen molar-refractivity contribution in [1.82, 2.24) is 4.57 Å². The first kappa shape index (κ1) is 16.2. The Bertz CT molecular complexity index is 1040. The van der Waals surface area contributed by atoms with Gasteiger partial charge in [-0.05, 0) is 49.4 Å². The van der Waals surface area contributed by atoms with E-state index in [9.17, 15) is 12.8 Å². The standard InChI is InChI=1S/C15H12ClFN2O2S2/c1-2-19-13-8-5-11(17)9-14(13)22-15(19)18-23(20,21)12-6-3-10(16)4-7-12/h3-9H,2H2,1H3. The summed E-state index contributed by atoms with van der Waals surface area (Å²) < 4.78 is 44.5. The zero-order valence-electron chi connectivity index (χ0n) is 12.0. The minimum atomic E-state index is -3.86. The van der Waals surface area contributed by atoms with Crippen LogP contribution in [-0.2, 0) is 16.6 Å². The number of fused-ring (bicyclic) bond motifs is 1. The lowest BCUT2D eigenvalue weighted by Crippen LogP contribution is -2.16. The van der Waals surface area contributed by atoms with Crippen LogP contribution in [0.1, 0.15) is 6.92 Å². The van der Waals surface area contributed by atoms with E-state index >= 15 is 0 Å². The Morgan fingerprint density at radius 1 is 1.22 bits per heavy atom. The van der Waals surface area contributed by atoms with Crippen LogP contribution in [0.25, 0.3) is 10.2 Å². The Morgan fingerprint density at radius 2 is 1.91 bits per heavy atom. The second-order valence-electron chi connectivity index (χ2n) is 4.76. The van der Waals surface area contributed by atoms with Crippen LogP contribution in [-0.4, -0.2) is 13.0 Å². The predicted octanol–water partition coefficient (Wildman–Crippen LogP) is 3.80. The number of thiazole rings is 1. The molecule has 4 nitrogen and oxygen atoms in total. The summed E-state index contributed by atoms with van der Waals surface area (Å²) in [5, 5.41) is 0.449. The predicted molar refractivity (Wildman–Crippen MR) is 89.6 cm³/mol. The summed E-state index contributed by atoms with van der Waals surface area (Å²) in [6.45, 7) is 2.41. The lowest BCUT2D eigenvalue weighted by atomic mass is 10.3. The lowest BCUT2D eigenvalue weighted by Gasteiger charge is -2.01. The van der Waals surface area contributed by atoms with Gasteiger partial charge in [-0.2, -0.15) is 8.42 Å². The van der Waals surface area contributed by atoms with Crippen molar-refractivity contribution >= 4 is 43.2 Å². The monoisotopic (exact) mass is 370 g/mol. The Kier molecular flexibility index (Phi) is 4.27. The van der Waals surface area contributed by atoms with E-state index in [1.807, 2.05) is 6.92 Å². The largest absolute Gasteiger partial charge is 0.316 e. The van der Waals surface area contributed by atoms with Gasteiger partial charge < -0.3 is 4.57 Å². The number of rotatable bonds is 3. The highest BCUT2D eigenvalue weighted by molar-refractivity contribution is 7.90. The van der Waals surface area contributed by atoms with E-state index in [0.717, 1.165) is 16.9 Å². The van der Waals surface area contributed by atoms with E-state index in [2.05, 4.69) is 4.40 Å². The molecule has 120 valence electrons. The Balaban J connectivity index is 2.22. The molecule has 3 aromatic rings. The SMILES string of the molecule is CCn1c(=NS(=O)(=O)c2ccc(Cl)cc2)sc2cc(F)ccc21. The third kappa shape index (κ3) is 3.17. The van der Waals surface area contributed by atoms with Crippen molar-refractivity contribution in [3.05, 3.63) is 58.1 Å². The Hall–Kier alpha value is -1.70. The number of hydrogen-bond acceptors (Lipinski definition) is 3. The molecule has 0 radical (unpaired) electrons. The van der Waals surface area contributed by atoms with Crippen LogP contribution >= 0.6 is 22.9 Å². The summed E-state index contributed by atoms with van der Waals surface area (Å²) in [5.74, 6) is -0.367. The minimum Gasteiger partial charge on any atom is -0.316 e. The Morgan fingerprint density at radius 3 is 2.57 bits per heavy atom. The zero-order chi connectivity index (χ0) is 16.6. The van der Waals surface area contributed by atoms with Crippen LogP contribution in [0.4, 0.5) is 4.39 Å². The molecule has 0 unspecified atom stereocenters. The number of halogens is 2. The maximum atomic E-state index is 13.4. The topological polar surface area (TPSA) is 51.4 Å². The maximum Gasteiger partial charge on any atom is 0.285 e. The maximum absolute atomic E-state index is 13.4.